The third-order valence-corrected chi connectivity index (χ3v) is 8.14. The van der Waals surface area contributed by atoms with Crippen molar-refractivity contribution >= 4 is 28.9 Å². The van der Waals surface area contributed by atoms with Crippen LogP contribution in [-0.2, 0) is 21.5 Å². The van der Waals surface area contributed by atoms with E-state index < -0.39 is 0 Å². The summed E-state index contributed by atoms with van der Waals surface area (Å²) < 4.78 is 10.4. The highest BCUT2D eigenvalue weighted by Crippen LogP contribution is 2.34. The molecule has 2 aliphatic heterocycles. The molecule has 2 aromatic rings. The van der Waals surface area contributed by atoms with Crippen molar-refractivity contribution in [1.29, 1.82) is 0 Å². The monoisotopic (exact) mass is 470 g/mol. The number of nitrogens with zero attached hydrogens (tertiary/aromatic N) is 3. The average molecular weight is 471 g/mol. The number of imidazole rings is 1. The summed E-state index contributed by atoms with van der Waals surface area (Å²) in [6, 6.07) is 7.16. The zero-order valence-electron chi connectivity index (χ0n) is 20.3. The van der Waals surface area contributed by atoms with Crippen LogP contribution < -0.4 is 5.32 Å². The first-order valence-corrected chi connectivity index (χ1v) is 13.5. The third kappa shape index (κ3) is 5.57. The standard InChI is InChI=1S/C26H38N4O2S/c1-26(2,3)25-28-22-15-21(8-9-23(22)30(25)16-18-10-13-32-14-11-18)33-29-12-4-5-19(17-29)24(31)27-20-6-7-20/h8-9,15,18-20H,4-7,10-14,16-17H2,1-3H3,(H,27,31). The smallest absolute Gasteiger partial charge is 0.224 e. The Kier molecular flexibility index (Phi) is 6.74. The number of carbonyl (C=O) groups excluding carboxylic acids is 1. The van der Waals surface area contributed by atoms with Gasteiger partial charge in [-0.05, 0) is 74.6 Å². The summed E-state index contributed by atoms with van der Waals surface area (Å²) in [6.45, 7) is 11.4. The van der Waals surface area contributed by atoms with Crippen LogP contribution in [0.2, 0.25) is 0 Å². The molecule has 1 unspecified atom stereocenters. The normalized spacial score (nSPS) is 23.2. The van der Waals surface area contributed by atoms with E-state index in [1.54, 1.807) is 11.9 Å². The molecule has 1 saturated carbocycles. The summed E-state index contributed by atoms with van der Waals surface area (Å²) in [4.78, 5) is 18.9. The Hall–Kier alpha value is -1.57. The van der Waals surface area contributed by atoms with Crippen molar-refractivity contribution in [2.45, 2.75) is 82.2 Å². The van der Waals surface area contributed by atoms with E-state index in [1.807, 2.05) is 0 Å². The van der Waals surface area contributed by atoms with Crippen molar-refractivity contribution in [3.05, 3.63) is 24.0 Å². The van der Waals surface area contributed by atoms with Crippen molar-refractivity contribution in [1.82, 2.24) is 19.2 Å². The Morgan fingerprint density at radius 2 is 1.97 bits per heavy atom. The molecule has 1 amide bonds. The van der Waals surface area contributed by atoms with Crippen molar-refractivity contribution in [3.63, 3.8) is 0 Å². The topological polar surface area (TPSA) is 59.4 Å². The minimum atomic E-state index is -0.00744. The van der Waals surface area contributed by atoms with Gasteiger partial charge in [0.05, 0.1) is 17.0 Å². The lowest BCUT2D eigenvalue weighted by Crippen LogP contribution is -2.41. The maximum Gasteiger partial charge on any atom is 0.224 e. The second-order valence-electron chi connectivity index (χ2n) is 11.1. The number of aromatic nitrogens is 2. The molecule has 7 heteroatoms. The van der Waals surface area contributed by atoms with Gasteiger partial charge in [0.15, 0.2) is 0 Å². The van der Waals surface area contributed by atoms with Crippen molar-refractivity contribution < 1.29 is 9.53 Å². The van der Waals surface area contributed by atoms with E-state index in [2.05, 4.69) is 53.2 Å². The zero-order chi connectivity index (χ0) is 23.0. The van der Waals surface area contributed by atoms with Gasteiger partial charge in [0, 0.05) is 49.2 Å². The van der Waals surface area contributed by atoms with Gasteiger partial charge in [0.25, 0.3) is 0 Å². The molecule has 2 saturated heterocycles. The Balaban J connectivity index is 1.32. The van der Waals surface area contributed by atoms with Gasteiger partial charge in [-0.1, -0.05) is 20.8 Å². The van der Waals surface area contributed by atoms with E-state index in [0.29, 0.717) is 12.0 Å². The zero-order valence-corrected chi connectivity index (χ0v) is 21.1. The number of benzene rings is 1. The number of hydrogen-bond acceptors (Lipinski definition) is 5. The van der Waals surface area contributed by atoms with Crippen molar-refractivity contribution in [2.24, 2.45) is 11.8 Å². The van der Waals surface area contributed by atoms with Crippen LogP contribution in [0, 0.1) is 11.8 Å². The molecule has 33 heavy (non-hydrogen) atoms. The SMILES string of the molecule is CC(C)(C)c1nc2cc(SN3CCCC(C(=O)NC4CC4)C3)ccc2n1CC1CCOCC1. The molecule has 0 radical (unpaired) electrons. The third-order valence-electron chi connectivity index (χ3n) is 7.09. The largest absolute Gasteiger partial charge is 0.381 e. The molecule has 0 spiro atoms. The first-order chi connectivity index (χ1) is 15.9. The van der Waals surface area contributed by atoms with E-state index >= 15 is 0 Å². The number of fused-ring (bicyclic) bond motifs is 1. The van der Waals surface area contributed by atoms with Crippen LogP contribution >= 0.6 is 11.9 Å². The van der Waals surface area contributed by atoms with Gasteiger partial charge in [-0.15, -0.1) is 0 Å². The highest BCUT2D eigenvalue weighted by atomic mass is 32.2. The number of piperidine rings is 1. The summed E-state index contributed by atoms with van der Waals surface area (Å²) in [6.07, 6.45) is 6.62. The Morgan fingerprint density at radius 3 is 2.70 bits per heavy atom. The molecule has 0 bridgehead atoms. The number of nitrogens with one attached hydrogen (secondary N) is 1. The Morgan fingerprint density at radius 1 is 1.18 bits per heavy atom. The second-order valence-corrected chi connectivity index (χ2v) is 12.3. The molecule has 5 rings (SSSR count). The quantitative estimate of drug-likeness (QED) is 0.617. The van der Waals surface area contributed by atoms with Gasteiger partial charge in [0.2, 0.25) is 5.91 Å². The molecule has 3 heterocycles. The van der Waals surface area contributed by atoms with E-state index in [-0.39, 0.29) is 17.2 Å². The first kappa shape index (κ1) is 23.2. The number of carbonyl (C=O) groups is 1. The number of ether oxygens (including phenoxy) is 1. The lowest BCUT2D eigenvalue weighted by atomic mass is 9.94. The molecular weight excluding hydrogens is 432 g/mol. The summed E-state index contributed by atoms with van der Waals surface area (Å²) in [5.74, 6) is 2.18. The molecule has 1 aliphatic carbocycles. The average Bonchev–Trinajstić information content (AvgIpc) is 3.53. The fraction of sp³-hybridized carbons (Fsp3) is 0.692. The molecule has 3 aliphatic rings. The van der Waals surface area contributed by atoms with Gasteiger partial charge < -0.3 is 14.6 Å². The molecule has 1 N–H and O–H groups in total. The number of amides is 1. The Bertz CT molecular complexity index is 988. The molecule has 1 aromatic heterocycles. The summed E-state index contributed by atoms with van der Waals surface area (Å²) in [7, 11) is 0. The summed E-state index contributed by atoms with van der Waals surface area (Å²) in [5, 5.41) is 3.19. The lowest BCUT2D eigenvalue weighted by molar-refractivity contribution is -0.126. The van der Waals surface area contributed by atoms with Crippen LogP contribution in [0.1, 0.15) is 65.1 Å². The lowest BCUT2D eigenvalue weighted by Gasteiger charge is -2.31. The predicted octanol–water partition coefficient (Wildman–Crippen LogP) is 4.76. The van der Waals surface area contributed by atoms with Crippen LogP contribution in [-0.4, -0.2) is 52.1 Å². The van der Waals surface area contributed by atoms with Gasteiger partial charge in [-0.25, -0.2) is 9.29 Å². The fourth-order valence-corrected chi connectivity index (χ4v) is 6.11. The van der Waals surface area contributed by atoms with E-state index in [1.165, 1.54) is 16.2 Å². The van der Waals surface area contributed by atoms with Crippen LogP contribution in [0.15, 0.2) is 23.1 Å². The van der Waals surface area contributed by atoms with Crippen LogP contribution in [0.4, 0.5) is 0 Å². The van der Waals surface area contributed by atoms with Crippen LogP contribution in [0.5, 0.6) is 0 Å². The highest BCUT2D eigenvalue weighted by molar-refractivity contribution is 7.97. The molecule has 180 valence electrons. The predicted molar refractivity (Wildman–Crippen MR) is 133 cm³/mol. The van der Waals surface area contributed by atoms with E-state index in [0.717, 1.165) is 76.9 Å². The van der Waals surface area contributed by atoms with E-state index in [4.69, 9.17) is 9.72 Å². The van der Waals surface area contributed by atoms with Gasteiger partial charge >= 0.3 is 0 Å². The molecular formula is C26H38N4O2S. The van der Waals surface area contributed by atoms with Gasteiger partial charge in [-0.3, -0.25) is 4.79 Å². The van der Waals surface area contributed by atoms with Gasteiger partial charge in [-0.2, -0.15) is 0 Å². The molecule has 6 nitrogen and oxygen atoms in total. The van der Waals surface area contributed by atoms with Crippen molar-refractivity contribution in [3.8, 4) is 0 Å². The second kappa shape index (κ2) is 9.59. The Labute approximate surface area is 202 Å². The maximum absolute atomic E-state index is 12.6. The number of hydrogen-bond donors (Lipinski definition) is 1. The minimum Gasteiger partial charge on any atom is -0.381 e. The highest BCUT2D eigenvalue weighted by Gasteiger charge is 2.31. The fourth-order valence-electron chi connectivity index (χ4n) is 5.05. The van der Waals surface area contributed by atoms with Gasteiger partial charge in [0.1, 0.15) is 5.82 Å². The molecule has 3 fully saturated rings. The molecule has 1 atom stereocenters. The minimum absolute atomic E-state index is 0.00744. The first-order valence-electron chi connectivity index (χ1n) is 12.7. The molecule has 1 aromatic carbocycles. The maximum atomic E-state index is 12.6. The van der Waals surface area contributed by atoms with Crippen molar-refractivity contribution in [2.75, 3.05) is 26.3 Å². The van der Waals surface area contributed by atoms with Crippen LogP contribution in [0.3, 0.4) is 0 Å². The number of rotatable bonds is 6. The summed E-state index contributed by atoms with van der Waals surface area (Å²) >= 11 is 1.78. The summed E-state index contributed by atoms with van der Waals surface area (Å²) in [5.41, 5.74) is 2.31. The van der Waals surface area contributed by atoms with Crippen LogP contribution in [0.25, 0.3) is 11.0 Å². The van der Waals surface area contributed by atoms with E-state index in [9.17, 15) is 4.79 Å².